The van der Waals surface area contributed by atoms with Gasteiger partial charge >= 0.3 is 0 Å². The second kappa shape index (κ2) is 7.12. The van der Waals surface area contributed by atoms with Crippen LogP contribution in [0.2, 0.25) is 0 Å². The lowest BCUT2D eigenvalue weighted by Gasteiger charge is -2.35. The molecule has 25 heavy (non-hydrogen) atoms. The van der Waals surface area contributed by atoms with E-state index < -0.39 is 0 Å². The summed E-state index contributed by atoms with van der Waals surface area (Å²) < 4.78 is 0. The Labute approximate surface area is 148 Å². The van der Waals surface area contributed by atoms with Crippen molar-refractivity contribution in [1.29, 1.82) is 0 Å². The van der Waals surface area contributed by atoms with E-state index >= 15 is 0 Å². The van der Waals surface area contributed by atoms with E-state index in [1.165, 1.54) is 18.4 Å². The van der Waals surface area contributed by atoms with Crippen LogP contribution in [0.1, 0.15) is 24.8 Å². The minimum Gasteiger partial charge on any atom is -0.342 e. The average Bonchev–Trinajstić information content (AvgIpc) is 3.38. The second-order valence-electron chi connectivity index (χ2n) is 7.60. The Hall–Kier alpha value is -1.95. The van der Waals surface area contributed by atoms with Gasteiger partial charge in [0.15, 0.2) is 0 Å². The number of carbonyl (C=O) groups excluding carboxylic acids is 2. The molecule has 4 rings (SSSR count). The molecular formula is C19H26N4O2. The van der Waals surface area contributed by atoms with Gasteiger partial charge in [-0.2, -0.15) is 0 Å². The number of piperazine rings is 1. The summed E-state index contributed by atoms with van der Waals surface area (Å²) >= 11 is 0. The largest absolute Gasteiger partial charge is 0.342 e. The first-order valence-corrected chi connectivity index (χ1v) is 9.37. The van der Waals surface area contributed by atoms with Gasteiger partial charge in [-0.15, -0.1) is 0 Å². The van der Waals surface area contributed by atoms with Crippen molar-refractivity contribution < 1.29 is 9.59 Å². The Kier molecular flexibility index (Phi) is 4.70. The first-order valence-electron chi connectivity index (χ1n) is 9.37. The fraction of sp³-hybridized carbons (Fsp3) is 0.632. The number of rotatable bonds is 5. The van der Waals surface area contributed by atoms with E-state index in [0.717, 1.165) is 39.3 Å². The number of carbonyl (C=O) groups is 2. The van der Waals surface area contributed by atoms with Gasteiger partial charge in [0.2, 0.25) is 11.8 Å². The highest BCUT2D eigenvalue weighted by Gasteiger charge is 2.39. The molecule has 2 saturated heterocycles. The summed E-state index contributed by atoms with van der Waals surface area (Å²) in [5.41, 5.74) is 1.26. The number of aromatic nitrogens is 1. The van der Waals surface area contributed by atoms with Crippen molar-refractivity contribution in [2.24, 2.45) is 11.8 Å². The van der Waals surface area contributed by atoms with Crippen LogP contribution < -0.4 is 0 Å². The molecule has 0 spiro atoms. The Morgan fingerprint density at radius 3 is 2.52 bits per heavy atom. The molecule has 1 aromatic heterocycles. The molecule has 3 aliphatic rings. The van der Waals surface area contributed by atoms with Crippen molar-refractivity contribution in [3.05, 3.63) is 30.1 Å². The Balaban J connectivity index is 1.26. The SMILES string of the molecule is O=C1CC(C(=O)N2CCN(Cc3ccncc3)CC2)CN1CC1CC1. The van der Waals surface area contributed by atoms with E-state index in [1.54, 1.807) is 0 Å². The second-order valence-corrected chi connectivity index (χ2v) is 7.60. The van der Waals surface area contributed by atoms with E-state index in [1.807, 2.05) is 34.3 Å². The zero-order valence-corrected chi connectivity index (χ0v) is 14.6. The maximum atomic E-state index is 12.8. The van der Waals surface area contributed by atoms with Crippen LogP contribution in [0.3, 0.4) is 0 Å². The Morgan fingerprint density at radius 1 is 1.12 bits per heavy atom. The van der Waals surface area contributed by atoms with Crippen molar-refractivity contribution in [2.45, 2.75) is 25.8 Å². The standard InChI is InChI=1S/C19H26N4O2/c24-18-11-17(14-23(18)13-15-1-2-15)19(25)22-9-7-21(8-10-22)12-16-3-5-20-6-4-16/h3-6,15,17H,1-2,7-14H2. The minimum atomic E-state index is -0.127. The normalized spacial score (nSPS) is 24.8. The van der Waals surface area contributed by atoms with Gasteiger partial charge in [-0.25, -0.2) is 0 Å². The van der Waals surface area contributed by atoms with Gasteiger partial charge in [-0.3, -0.25) is 19.5 Å². The van der Waals surface area contributed by atoms with Crippen LogP contribution >= 0.6 is 0 Å². The number of likely N-dealkylation sites (tertiary alicyclic amines) is 1. The molecule has 6 heteroatoms. The van der Waals surface area contributed by atoms with E-state index in [2.05, 4.69) is 9.88 Å². The predicted molar refractivity (Wildman–Crippen MR) is 93.5 cm³/mol. The fourth-order valence-electron chi connectivity index (χ4n) is 3.86. The molecule has 3 heterocycles. The molecule has 1 unspecified atom stereocenters. The lowest BCUT2D eigenvalue weighted by atomic mass is 10.1. The van der Waals surface area contributed by atoms with Crippen LogP contribution in [0, 0.1) is 11.8 Å². The molecule has 0 bridgehead atoms. The zero-order valence-electron chi connectivity index (χ0n) is 14.6. The number of amides is 2. The highest BCUT2D eigenvalue weighted by Crippen LogP contribution is 2.32. The lowest BCUT2D eigenvalue weighted by Crippen LogP contribution is -2.50. The third-order valence-corrected chi connectivity index (χ3v) is 5.58. The summed E-state index contributed by atoms with van der Waals surface area (Å²) in [6.07, 6.45) is 6.52. The van der Waals surface area contributed by atoms with Crippen LogP contribution in [-0.2, 0) is 16.1 Å². The molecule has 0 aromatic carbocycles. The average molecular weight is 342 g/mol. The molecule has 1 aromatic rings. The maximum Gasteiger partial charge on any atom is 0.228 e. The lowest BCUT2D eigenvalue weighted by molar-refractivity contribution is -0.137. The van der Waals surface area contributed by atoms with Crippen molar-refractivity contribution >= 4 is 11.8 Å². The zero-order chi connectivity index (χ0) is 17.2. The molecule has 2 amide bonds. The van der Waals surface area contributed by atoms with Crippen LogP contribution in [0.15, 0.2) is 24.5 Å². The molecule has 134 valence electrons. The smallest absolute Gasteiger partial charge is 0.228 e. The summed E-state index contributed by atoms with van der Waals surface area (Å²) in [6.45, 7) is 5.70. The summed E-state index contributed by atoms with van der Waals surface area (Å²) in [7, 11) is 0. The topological polar surface area (TPSA) is 56.8 Å². The molecule has 6 nitrogen and oxygen atoms in total. The van der Waals surface area contributed by atoms with Crippen molar-refractivity contribution in [3.63, 3.8) is 0 Å². The van der Waals surface area contributed by atoms with Crippen LogP contribution in [0.4, 0.5) is 0 Å². The summed E-state index contributed by atoms with van der Waals surface area (Å²) in [4.78, 5) is 35.2. The quantitative estimate of drug-likeness (QED) is 0.801. The van der Waals surface area contributed by atoms with Crippen LogP contribution in [-0.4, -0.2) is 70.8 Å². The van der Waals surface area contributed by atoms with E-state index in [9.17, 15) is 9.59 Å². The van der Waals surface area contributed by atoms with Gasteiger partial charge in [0.25, 0.3) is 0 Å². The molecule has 0 radical (unpaired) electrons. The van der Waals surface area contributed by atoms with E-state index in [0.29, 0.717) is 18.9 Å². The highest BCUT2D eigenvalue weighted by molar-refractivity contribution is 5.89. The maximum absolute atomic E-state index is 12.8. The van der Waals surface area contributed by atoms with Crippen LogP contribution in [0.25, 0.3) is 0 Å². The first kappa shape index (κ1) is 16.5. The van der Waals surface area contributed by atoms with Gasteiger partial charge in [0.05, 0.1) is 5.92 Å². The van der Waals surface area contributed by atoms with Gasteiger partial charge in [-0.05, 0) is 36.5 Å². The first-order chi connectivity index (χ1) is 12.2. The summed E-state index contributed by atoms with van der Waals surface area (Å²) in [5, 5.41) is 0. The summed E-state index contributed by atoms with van der Waals surface area (Å²) in [5.74, 6) is 0.907. The van der Waals surface area contributed by atoms with Crippen molar-refractivity contribution in [3.8, 4) is 0 Å². The van der Waals surface area contributed by atoms with Crippen LogP contribution in [0.5, 0.6) is 0 Å². The van der Waals surface area contributed by atoms with Crippen molar-refractivity contribution in [2.75, 3.05) is 39.3 Å². The van der Waals surface area contributed by atoms with Gasteiger partial charge in [0.1, 0.15) is 0 Å². The Bertz CT molecular complexity index is 624. The van der Waals surface area contributed by atoms with E-state index in [4.69, 9.17) is 0 Å². The third-order valence-electron chi connectivity index (χ3n) is 5.58. The van der Waals surface area contributed by atoms with E-state index in [-0.39, 0.29) is 17.7 Å². The van der Waals surface area contributed by atoms with Gasteiger partial charge in [-0.1, -0.05) is 0 Å². The van der Waals surface area contributed by atoms with Gasteiger partial charge in [0, 0.05) is 64.6 Å². The monoisotopic (exact) mass is 342 g/mol. The molecule has 1 saturated carbocycles. The molecule has 3 fully saturated rings. The summed E-state index contributed by atoms with van der Waals surface area (Å²) in [6, 6.07) is 4.08. The minimum absolute atomic E-state index is 0.127. The third kappa shape index (κ3) is 4.00. The molecule has 1 aliphatic carbocycles. The molecule has 2 aliphatic heterocycles. The Morgan fingerprint density at radius 2 is 1.84 bits per heavy atom. The van der Waals surface area contributed by atoms with Crippen molar-refractivity contribution in [1.82, 2.24) is 19.7 Å². The number of hydrogen-bond acceptors (Lipinski definition) is 4. The molecular weight excluding hydrogens is 316 g/mol. The number of pyridine rings is 1. The predicted octanol–water partition coefficient (Wildman–Crippen LogP) is 0.984. The van der Waals surface area contributed by atoms with Gasteiger partial charge < -0.3 is 9.80 Å². The molecule has 1 atom stereocenters. The fourth-order valence-corrected chi connectivity index (χ4v) is 3.86. The highest BCUT2D eigenvalue weighted by atomic mass is 16.2. The number of nitrogens with zero attached hydrogens (tertiary/aromatic N) is 4. The molecule has 0 N–H and O–H groups in total. The number of hydrogen-bond donors (Lipinski definition) is 0.